The number of amides is 2. The van der Waals surface area contributed by atoms with Crippen molar-refractivity contribution in [3.8, 4) is 0 Å². The van der Waals surface area contributed by atoms with E-state index in [1.54, 1.807) is 0 Å². The van der Waals surface area contributed by atoms with Gasteiger partial charge in [0.05, 0.1) is 18.7 Å². The topological polar surface area (TPSA) is 82.1 Å². The van der Waals surface area contributed by atoms with Crippen molar-refractivity contribution in [2.75, 3.05) is 25.0 Å². The molecular weight excluding hydrogens is 310 g/mol. The van der Waals surface area contributed by atoms with Gasteiger partial charge in [-0.05, 0) is 45.4 Å². The largest absolute Gasteiger partial charge is 0.480 e. The maximum absolute atomic E-state index is 12.6. The fourth-order valence-corrected chi connectivity index (χ4v) is 2.78. The molecule has 2 rings (SSSR count). The Hall–Kier alpha value is -2.12. The van der Waals surface area contributed by atoms with Crippen LogP contribution in [0.4, 0.5) is 10.5 Å². The highest BCUT2D eigenvalue weighted by atomic mass is 16.7. The van der Waals surface area contributed by atoms with Crippen molar-refractivity contribution in [3.63, 3.8) is 0 Å². The second-order valence-electron chi connectivity index (χ2n) is 6.20. The number of carboxylic acids is 1. The SMILES string of the molecule is CC(C)ON(C(=O)Nc1ccccc1)C1CCCN(CC(=O)O)C1. The highest BCUT2D eigenvalue weighted by Crippen LogP contribution is 2.19. The van der Waals surface area contributed by atoms with E-state index in [4.69, 9.17) is 9.94 Å². The number of nitrogens with zero attached hydrogens (tertiary/aromatic N) is 2. The van der Waals surface area contributed by atoms with Gasteiger partial charge >= 0.3 is 12.0 Å². The summed E-state index contributed by atoms with van der Waals surface area (Å²) in [6.45, 7) is 4.91. The lowest BCUT2D eigenvalue weighted by Crippen LogP contribution is -2.52. The van der Waals surface area contributed by atoms with Crippen LogP contribution >= 0.6 is 0 Å². The number of carboxylic acid groups (broad SMARTS) is 1. The number of aliphatic carboxylic acids is 1. The number of hydrogen-bond acceptors (Lipinski definition) is 4. The van der Waals surface area contributed by atoms with Crippen LogP contribution in [0.2, 0.25) is 0 Å². The molecule has 1 aromatic carbocycles. The first kappa shape index (κ1) is 18.2. The van der Waals surface area contributed by atoms with Gasteiger partial charge in [-0.1, -0.05) is 18.2 Å². The van der Waals surface area contributed by atoms with Gasteiger partial charge in [-0.25, -0.2) is 4.79 Å². The highest BCUT2D eigenvalue weighted by molar-refractivity contribution is 5.88. The van der Waals surface area contributed by atoms with Crippen molar-refractivity contribution in [2.45, 2.75) is 38.8 Å². The lowest BCUT2D eigenvalue weighted by molar-refractivity contribution is -0.178. The molecular formula is C17H25N3O4. The lowest BCUT2D eigenvalue weighted by atomic mass is 10.1. The third kappa shape index (κ3) is 5.50. The van der Waals surface area contributed by atoms with E-state index in [0.717, 1.165) is 19.4 Å². The minimum Gasteiger partial charge on any atom is -0.480 e. The average molecular weight is 335 g/mol. The molecule has 2 N–H and O–H groups in total. The molecule has 0 aromatic heterocycles. The van der Waals surface area contributed by atoms with Crippen LogP contribution in [0, 0.1) is 0 Å². The molecule has 1 fully saturated rings. The highest BCUT2D eigenvalue weighted by Gasteiger charge is 2.31. The van der Waals surface area contributed by atoms with Gasteiger partial charge in [0.1, 0.15) is 0 Å². The van der Waals surface area contributed by atoms with Crippen LogP contribution in [0.3, 0.4) is 0 Å². The van der Waals surface area contributed by atoms with Crippen molar-refractivity contribution in [1.29, 1.82) is 0 Å². The molecule has 0 aliphatic carbocycles. The first-order valence-corrected chi connectivity index (χ1v) is 8.22. The zero-order valence-corrected chi connectivity index (χ0v) is 14.1. The van der Waals surface area contributed by atoms with Gasteiger partial charge in [-0.2, -0.15) is 5.06 Å². The monoisotopic (exact) mass is 335 g/mol. The van der Waals surface area contributed by atoms with Crippen LogP contribution < -0.4 is 5.32 Å². The summed E-state index contributed by atoms with van der Waals surface area (Å²) in [6, 6.07) is 8.67. The molecule has 1 heterocycles. The van der Waals surface area contributed by atoms with E-state index >= 15 is 0 Å². The fraction of sp³-hybridized carbons (Fsp3) is 0.529. The molecule has 7 nitrogen and oxygen atoms in total. The molecule has 1 aliphatic heterocycles. The minimum atomic E-state index is -0.860. The van der Waals surface area contributed by atoms with E-state index in [-0.39, 0.29) is 24.7 Å². The van der Waals surface area contributed by atoms with Crippen LogP contribution in [-0.2, 0) is 9.63 Å². The molecule has 1 unspecified atom stereocenters. The van der Waals surface area contributed by atoms with Gasteiger partial charge in [0.15, 0.2) is 0 Å². The summed E-state index contributed by atoms with van der Waals surface area (Å²) in [5, 5.41) is 13.2. The van der Waals surface area contributed by atoms with E-state index < -0.39 is 5.97 Å². The minimum absolute atomic E-state index is 0.0215. The molecule has 1 saturated heterocycles. The lowest BCUT2D eigenvalue weighted by Gasteiger charge is -2.38. The van der Waals surface area contributed by atoms with E-state index in [1.807, 2.05) is 49.1 Å². The Morgan fingerprint density at radius 2 is 2.08 bits per heavy atom. The summed E-state index contributed by atoms with van der Waals surface area (Å²) < 4.78 is 0. The van der Waals surface area contributed by atoms with Crippen molar-refractivity contribution >= 4 is 17.7 Å². The second kappa shape index (κ2) is 8.65. The number of urea groups is 1. The molecule has 7 heteroatoms. The molecule has 0 spiro atoms. The van der Waals surface area contributed by atoms with E-state index in [9.17, 15) is 9.59 Å². The molecule has 0 bridgehead atoms. The zero-order chi connectivity index (χ0) is 17.5. The molecule has 1 atom stereocenters. The van der Waals surface area contributed by atoms with Crippen LogP contribution in [0.25, 0.3) is 0 Å². The van der Waals surface area contributed by atoms with Gasteiger partial charge in [0.25, 0.3) is 0 Å². The Bertz CT molecular complexity index is 550. The average Bonchev–Trinajstić information content (AvgIpc) is 2.53. The smallest absolute Gasteiger partial charge is 0.346 e. The predicted octanol–water partition coefficient (Wildman–Crippen LogP) is 2.41. The van der Waals surface area contributed by atoms with Crippen LogP contribution in [0.5, 0.6) is 0 Å². The summed E-state index contributed by atoms with van der Waals surface area (Å²) in [6.07, 6.45) is 1.46. The summed E-state index contributed by atoms with van der Waals surface area (Å²) in [5.74, 6) is -0.860. The standard InChI is InChI=1S/C17H25N3O4/c1-13(2)24-20(17(23)18-14-7-4-3-5-8-14)15-9-6-10-19(11-15)12-16(21)22/h3-5,7-8,13,15H,6,9-12H2,1-2H3,(H,18,23)(H,21,22). The number of hydroxylamine groups is 2. The van der Waals surface area contributed by atoms with Gasteiger partial charge in [-0.3, -0.25) is 14.5 Å². The number of piperidine rings is 1. The molecule has 132 valence electrons. The van der Waals surface area contributed by atoms with E-state index in [2.05, 4.69) is 5.32 Å². The predicted molar refractivity (Wildman–Crippen MR) is 90.6 cm³/mol. The summed E-state index contributed by atoms with van der Waals surface area (Å²) in [5.41, 5.74) is 0.693. The number of benzene rings is 1. The Kier molecular flexibility index (Phi) is 6.57. The summed E-state index contributed by atoms with van der Waals surface area (Å²) in [7, 11) is 0. The number of likely N-dealkylation sites (tertiary alicyclic amines) is 1. The van der Waals surface area contributed by atoms with Crippen molar-refractivity contribution in [3.05, 3.63) is 30.3 Å². The number of carbonyl (C=O) groups excluding carboxylic acids is 1. The fourth-order valence-electron chi connectivity index (χ4n) is 2.78. The Morgan fingerprint density at radius 3 is 2.71 bits per heavy atom. The number of carbonyl (C=O) groups is 2. The number of anilines is 1. The maximum atomic E-state index is 12.6. The second-order valence-corrected chi connectivity index (χ2v) is 6.20. The molecule has 1 aliphatic rings. The normalized spacial score (nSPS) is 18.4. The van der Waals surface area contributed by atoms with Gasteiger partial charge in [-0.15, -0.1) is 0 Å². The van der Waals surface area contributed by atoms with E-state index in [0.29, 0.717) is 12.2 Å². The van der Waals surface area contributed by atoms with E-state index in [1.165, 1.54) is 5.06 Å². The Balaban J connectivity index is 2.06. The number of nitrogens with one attached hydrogen (secondary N) is 1. The summed E-state index contributed by atoms with van der Waals surface area (Å²) in [4.78, 5) is 31.1. The van der Waals surface area contributed by atoms with Crippen molar-refractivity contribution in [1.82, 2.24) is 9.96 Å². The number of rotatable bonds is 6. The number of hydrogen-bond donors (Lipinski definition) is 2. The van der Waals surface area contributed by atoms with Crippen LogP contribution in [-0.4, -0.2) is 58.9 Å². The first-order valence-electron chi connectivity index (χ1n) is 8.22. The molecule has 2 amide bonds. The third-order valence-corrected chi connectivity index (χ3v) is 3.72. The molecule has 1 aromatic rings. The van der Waals surface area contributed by atoms with Crippen molar-refractivity contribution in [2.24, 2.45) is 0 Å². The van der Waals surface area contributed by atoms with Gasteiger partial charge in [0, 0.05) is 12.2 Å². The van der Waals surface area contributed by atoms with Crippen LogP contribution in [0.1, 0.15) is 26.7 Å². The van der Waals surface area contributed by atoms with Crippen LogP contribution in [0.15, 0.2) is 30.3 Å². The Labute approximate surface area is 142 Å². The molecule has 0 saturated carbocycles. The molecule has 0 radical (unpaired) electrons. The quantitative estimate of drug-likeness (QED) is 0.780. The molecule has 24 heavy (non-hydrogen) atoms. The maximum Gasteiger partial charge on any atom is 0.346 e. The first-order chi connectivity index (χ1) is 11.5. The van der Waals surface area contributed by atoms with Crippen molar-refractivity contribution < 1.29 is 19.5 Å². The number of para-hydroxylation sites is 1. The third-order valence-electron chi connectivity index (χ3n) is 3.72. The van der Waals surface area contributed by atoms with Gasteiger partial charge in [0.2, 0.25) is 0 Å². The Morgan fingerprint density at radius 1 is 1.38 bits per heavy atom. The summed E-state index contributed by atoms with van der Waals surface area (Å²) >= 11 is 0. The van der Waals surface area contributed by atoms with Gasteiger partial charge < -0.3 is 10.4 Å². The zero-order valence-electron chi connectivity index (χ0n) is 14.1.